The van der Waals surface area contributed by atoms with Gasteiger partial charge in [0.25, 0.3) is 5.91 Å². The number of piperidine rings is 1. The van der Waals surface area contributed by atoms with E-state index in [4.69, 9.17) is 9.47 Å². The number of piperazine rings is 1. The molecule has 0 radical (unpaired) electrons. The molecule has 200 valence electrons. The maximum absolute atomic E-state index is 13.1. The van der Waals surface area contributed by atoms with E-state index in [1.165, 1.54) is 12.1 Å². The molecule has 10 heteroatoms. The zero-order chi connectivity index (χ0) is 26.4. The highest BCUT2D eigenvalue weighted by Gasteiger charge is 2.31. The van der Waals surface area contributed by atoms with E-state index in [0.717, 1.165) is 43.5 Å². The van der Waals surface area contributed by atoms with Gasteiger partial charge in [0.2, 0.25) is 5.91 Å². The highest BCUT2D eigenvalue weighted by molar-refractivity contribution is 5.94. The number of carbonyl (C=O) groups excluding carboxylic acids is 2. The van der Waals surface area contributed by atoms with Crippen molar-refractivity contribution in [2.75, 3.05) is 39.9 Å². The molecule has 2 aromatic carbocycles. The van der Waals surface area contributed by atoms with E-state index in [-0.39, 0.29) is 23.4 Å². The van der Waals surface area contributed by atoms with Crippen molar-refractivity contribution in [3.8, 4) is 11.5 Å². The van der Waals surface area contributed by atoms with Gasteiger partial charge in [0, 0.05) is 44.2 Å². The van der Waals surface area contributed by atoms with Crippen LogP contribution in [0.3, 0.4) is 0 Å². The Bertz CT molecular complexity index is 1090. The maximum Gasteiger partial charge on any atom is 0.416 e. The Kier molecular flexibility index (Phi) is 8.58. The first-order chi connectivity index (χ1) is 17.7. The molecule has 2 amide bonds. The number of hydrogen-bond donors (Lipinski definition) is 1. The number of rotatable bonds is 8. The Morgan fingerprint density at radius 1 is 1.08 bits per heavy atom. The molecular weight excluding hydrogens is 487 g/mol. The minimum atomic E-state index is -4.44. The number of nitrogens with one attached hydrogen (secondary N) is 1. The number of alkyl halides is 3. The van der Waals surface area contributed by atoms with E-state index >= 15 is 0 Å². The van der Waals surface area contributed by atoms with Crippen molar-refractivity contribution >= 4 is 11.8 Å². The zero-order valence-corrected chi connectivity index (χ0v) is 20.9. The van der Waals surface area contributed by atoms with Crippen molar-refractivity contribution < 1.29 is 32.2 Å². The van der Waals surface area contributed by atoms with Crippen LogP contribution in [0.4, 0.5) is 13.2 Å². The standard InChI is InChI=1S/C27H32F3N3O4/c1-36-23-10-5-19(17-32-14-12-31-25(34)18-32)16-24(23)37-15-11-22-4-2-3-13-33(22)26(35)20-6-8-21(9-7-20)27(28,29)30/h5-10,16,22H,2-4,11-15,17-18H2,1H3,(H,31,34). The van der Waals surface area contributed by atoms with Gasteiger partial charge >= 0.3 is 6.18 Å². The maximum atomic E-state index is 13.1. The Hall–Kier alpha value is -3.27. The van der Waals surface area contributed by atoms with Gasteiger partial charge in [-0.15, -0.1) is 0 Å². The van der Waals surface area contributed by atoms with Crippen LogP contribution in [-0.4, -0.2) is 67.6 Å². The molecule has 7 nitrogen and oxygen atoms in total. The topological polar surface area (TPSA) is 71.1 Å². The lowest BCUT2D eigenvalue weighted by atomic mass is 9.98. The smallest absolute Gasteiger partial charge is 0.416 e. The van der Waals surface area contributed by atoms with Crippen LogP contribution in [0.1, 0.15) is 47.2 Å². The fourth-order valence-corrected chi connectivity index (χ4v) is 4.86. The normalized spacial score (nSPS) is 18.9. The van der Waals surface area contributed by atoms with Crippen molar-refractivity contribution in [1.29, 1.82) is 0 Å². The van der Waals surface area contributed by atoms with E-state index in [0.29, 0.717) is 50.7 Å². The summed E-state index contributed by atoms with van der Waals surface area (Å²) in [5.74, 6) is 0.946. The molecule has 0 aromatic heterocycles. The van der Waals surface area contributed by atoms with Gasteiger partial charge in [-0.1, -0.05) is 6.07 Å². The van der Waals surface area contributed by atoms with E-state index in [1.807, 2.05) is 18.2 Å². The Morgan fingerprint density at radius 3 is 2.57 bits per heavy atom. The van der Waals surface area contributed by atoms with Crippen molar-refractivity contribution in [1.82, 2.24) is 15.1 Å². The van der Waals surface area contributed by atoms with Crippen molar-refractivity contribution in [3.05, 3.63) is 59.2 Å². The average molecular weight is 520 g/mol. The number of likely N-dealkylation sites (tertiary alicyclic amines) is 1. The minimum Gasteiger partial charge on any atom is -0.493 e. The second kappa shape index (κ2) is 11.9. The van der Waals surface area contributed by atoms with Crippen LogP contribution in [-0.2, 0) is 17.5 Å². The van der Waals surface area contributed by atoms with Crippen molar-refractivity contribution in [2.24, 2.45) is 0 Å². The van der Waals surface area contributed by atoms with Crippen LogP contribution in [0.25, 0.3) is 0 Å². The molecule has 1 N–H and O–H groups in total. The number of methoxy groups -OCH3 is 1. The SMILES string of the molecule is COc1ccc(CN2CCNC(=O)C2)cc1OCCC1CCCCN1C(=O)c1ccc(C(F)(F)F)cc1. The third-order valence-electron chi connectivity index (χ3n) is 6.81. The molecule has 2 fully saturated rings. The number of benzene rings is 2. The van der Waals surface area contributed by atoms with Crippen LogP contribution < -0.4 is 14.8 Å². The number of carbonyl (C=O) groups is 2. The minimum absolute atomic E-state index is 0.0131. The lowest BCUT2D eigenvalue weighted by molar-refractivity contribution is -0.137. The quantitative estimate of drug-likeness (QED) is 0.569. The van der Waals surface area contributed by atoms with Gasteiger partial charge in [-0.3, -0.25) is 14.5 Å². The van der Waals surface area contributed by atoms with Gasteiger partial charge in [-0.2, -0.15) is 13.2 Å². The van der Waals surface area contributed by atoms with Crippen LogP contribution in [0.5, 0.6) is 11.5 Å². The monoisotopic (exact) mass is 519 g/mol. The predicted molar refractivity (Wildman–Crippen MR) is 132 cm³/mol. The molecule has 2 saturated heterocycles. The van der Waals surface area contributed by atoms with E-state index < -0.39 is 11.7 Å². The molecule has 2 aliphatic rings. The number of ether oxygens (including phenoxy) is 2. The molecule has 4 rings (SSSR count). The summed E-state index contributed by atoms with van der Waals surface area (Å²) in [4.78, 5) is 28.6. The molecule has 1 unspecified atom stereocenters. The van der Waals surface area contributed by atoms with Crippen LogP contribution in [0.15, 0.2) is 42.5 Å². The van der Waals surface area contributed by atoms with Crippen LogP contribution >= 0.6 is 0 Å². The second-order valence-electron chi connectivity index (χ2n) is 9.41. The van der Waals surface area contributed by atoms with E-state index in [9.17, 15) is 22.8 Å². The van der Waals surface area contributed by atoms with Gasteiger partial charge in [-0.05, 0) is 61.2 Å². The molecule has 0 spiro atoms. The summed E-state index contributed by atoms with van der Waals surface area (Å²) < 4.78 is 50.2. The molecular formula is C27H32F3N3O4. The average Bonchev–Trinajstić information content (AvgIpc) is 2.88. The van der Waals surface area contributed by atoms with Gasteiger partial charge in [0.05, 0.1) is 25.8 Å². The summed E-state index contributed by atoms with van der Waals surface area (Å²) in [6, 6.07) is 10.0. The largest absolute Gasteiger partial charge is 0.493 e. The van der Waals surface area contributed by atoms with Gasteiger partial charge in [0.15, 0.2) is 11.5 Å². The summed E-state index contributed by atoms with van der Waals surface area (Å²) >= 11 is 0. The molecule has 0 bridgehead atoms. The van der Waals surface area contributed by atoms with Gasteiger partial charge in [0.1, 0.15) is 0 Å². The predicted octanol–water partition coefficient (Wildman–Crippen LogP) is 4.11. The van der Waals surface area contributed by atoms with Gasteiger partial charge < -0.3 is 19.7 Å². The zero-order valence-electron chi connectivity index (χ0n) is 20.9. The molecule has 2 aromatic rings. The molecule has 2 heterocycles. The Labute approximate surface area is 214 Å². The van der Waals surface area contributed by atoms with Crippen LogP contribution in [0, 0.1) is 0 Å². The van der Waals surface area contributed by atoms with Gasteiger partial charge in [-0.25, -0.2) is 0 Å². The first kappa shape index (κ1) is 26.8. The molecule has 0 saturated carbocycles. The fraction of sp³-hybridized carbons (Fsp3) is 0.481. The van der Waals surface area contributed by atoms with Crippen LogP contribution in [0.2, 0.25) is 0 Å². The summed E-state index contributed by atoms with van der Waals surface area (Å²) in [7, 11) is 1.57. The lowest BCUT2D eigenvalue weighted by Gasteiger charge is -2.36. The van der Waals surface area contributed by atoms with E-state index in [1.54, 1.807) is 12.0 Å². The highest BCUT2D eigenvalue weighted by Crippen LogP contribution is 2.31. The number of hydrogen-bond acceptors (Lipinski definition) is 5. The molecule has 1 atom stereocenters. The first-order valence-electron chi connectivity index (χ1n) is 12.5. The summed E-state index contributed by atoms with van der Waals surface area (Å²) in [5, 5.41) is 2.82. The van der Waals surface area contributed by atoms with Crippen molar-refractivity contribution in [3.63, 3.8) is 0 Å². The second-order valence-corrected chi connectivity index (χ2v) is 9.41. The molecule has 37 heavy (non-hydrogen) atoms. The number of halogens is 3. The number of nitrogens with zero attached hydrogens (tertiary/aromatic N) is 2. The fourth-order valence-electron chi connectivity index (χ4n) is 4.86. The third kappa shape index (κ3) is 6.94. The van der Waals surface area contributed by atoms with Crippen molar-refractivity contribution in [2.45, 2.75) is 44.4 Å². The van der Waals surface area contributed by atoms with E-state index in [2.05, 4.69) is 10.2 Å². The first-order valence-corrected chi connectivity index (χ1v) is 12.5. The third-order valence-corrected chi connectivity index (χ3v) is 6.81. The Balaban J connectivity index is 1.37. The Morgan fingerprint density at radius 2 is 1.86 bits per heavy atom. The summed E-state index contributed by atoms with van der Waals surface area (Å²) in [6.07, 6.45) is -1.21. The molecule has 0 aliphatic carbocycles. The lowest BCUT2D eigenvalue weighted by Crippen LogP contribution is -2.47. The number of amides is 2. The highest BCUT2D eigenvalue weighted by atomic mass is 19.4. The summed E-state index contributed by atoms with van der Waals surface area (Å²) in [6.45, 7) is 3.29. The molecule has 2 aliphatic heterocycles. The summed E-state index contributed by atoms with van der Waals surface area (Å²) in [5.41, 5.74) is 0.483.